The van der Waals surface area contributed by atoms with Crippen molar-refractivity contribution in [1.29, 1.82) is 0 Å². The molecule has 0 radical (unpaired) electrons. The van der Waals surface area contributed by atoms with E-state index in [4.69, 9.17) is 10.5 Å². The highest BCUT2D eigenvalue weighted by Crippen LogP contribution is 2.25. The average Bonchev–Trinajstić information content (AvgIpc) is 2.46. The highest BCUT2D eigenvalue weighted by atomic mass is 79.9. The Morgan fingerprint density at radius 3 is 2.71 bits per heavy atom. The summed E-state index contributed by atoms with van der Waals surface area (Å²) in [6.45, 7) is 2.35. The van der Waals surface area contributed by atoms with Crippen molar-refractivity contribution in [1.82, 2.24) is 0 Å². The van der Waals surface area contributed by atoms with E-state index in [0.29, 0.717) is 18.8 Å². The van der Waals surface area contributed by atoms with E-state index >= 15 is 0 Å². The van der Waals surface area contributed by atoms with Crippen molar-refractivity contribution in [2.75, 3.05) is 0 Å². The molecule has 1 atom stereocenters. The van der Waals surface area contributed by atoms with E-state index in [1.807, 2.05) is 37.3 Å². The Morgan fingerprint density at radius 2 is 2.00 bits per heavy atom. The summed E-state index contributed by atoms with van der Waals surface area (Å²) >= 11 is 3.41. The quantitative estimate of drug-likeness (QED) is 0.834. The van der Waals surface area contributed by atoms with Gasteiger partial charge in [-0.25, -0.2) is 4.39 Å². The number of ether oxygens (including phenoxy) is 1. The van der Waals surface area contributed by atoms with Gasteiger partial charge in [-0.3, -0.25) is 0 Å². The van der Waals surface area contributed by atoms with E-state index in [0.717, 1.165) is 22.0 Å². The van der Waals surface area contributed by atoms with Crippen molar-refractivity contribution in [3.8, 4) is 5.75 Å². The number of halogens is 2. The van der Waals surface area contributed by atoms with Crippen LogP contribution < -0.4 is 10.5 Å². The van der Waals surface area contributed by atoms with Crippen LogP contribution in [0.4, 0.5) is 4.39 Å². The minimum absolute atomic E-state index is 0.0139. The van der Waals surface area contributed by atoms with E-state index < -0.39 is 0 Å². The molecule has 0 saturated carbocycles. The Balaban J connectivity index is 2.15. The second kappa shape index (κ2) is 7.57. The number of rotatable bonds is 6. The molecule has 0 aliphatic carbocycles. The van der Waals surface area contributed by atoms with E-state index in [1.165, 1.54) is 6.07 Å². The molecule has 2 aromatic carbocycles. The van der Waals surface area contributed by atoms with Gasteiger partial charge in [-0.1, -0.05) is 47.1 Å². The van der Waals surface area contributed by atoms with Crippen LogP contribution in [0.1, 0.15) is 24.5 Å². The molecule has 2 nitrogen and oxygen atoms in total. The molecule has 0 aliphatic heterocycles. The lowest BCUT2D eigenvalue weighted by molar-refractivity contribution is 0.286. The van der Waals surface area contributed by atoms with Crippen molar-refractivity contribution in [2.24, 2.45) is 5.73 Å². The fourth-order valence-corrected chi connectivity index (χ4v) is 2.53. The predicted molar refractivity (Wildman–Crippen MR) is 86.8 cm³/mol. The second-order valence-electron chi connectivity index (χ2n) is 5.02. The van der Waals surface area contributed by atoms with Crippen LogP contribution in [0, 0.1) is 5.82 Å². The molecular formula is C17H19BrFNO. The van der Waals surface area contributed by atoms with Crippen LogP contribution in [0.15, 0.2) is 46.9 Å². The standard InChI is InChI=1S/C17H19BrFNO/c1-2-15(20)10-13-6-4-8-16(19)17(13)21-11-12-5-3-7-14(18)9-12/h3-9,15H,2,10-11,20H2,1H3. The minimum Gasteiger partial charge on any atom is -0.486 e. The fourth-order valence-electron chi connectivity index (χ4n) is 2.08. The van der Waals surface area contributed by atoms with Gasteiger partial charge >= 0.3 is 0 Å². The molecule has 2 aromatic rings. The zero-order valence-electron chi connectivity index (χ0n) is 12.0. The smallest absolute Gasteiger partial charge is 0.165 e. The first-order chi connectivity index (χ1) is 10.1. The minimum atomic E-state index is -0.342. The van der Waals surface area contributed by atoms with Gasteiger partial charge in [0.1, 0.15) is 6.61 Å². The van der Waals surface area contributed by atoms with E-state index in [1.54, 1.807) is 6.07 Å². The molecule has 0 bridgehead atoms. The molecule has 0 heterocycles. The van der Waals surface area contributed by atoms with Gasteiger partial charge in [0.2, 0.25) is 0 Å². The molecule has 112 valence electrons. The molecular weight excluding hydrogens is 333 g/mol. The van der Waals surface area contributed by atoms with Crippen LogP contribution in [0.5, 0.6) is 5.75 Å². The van der Waals surface area contributed by atoms with Crippen molar-refractivity contribution in [2.45, 2.75) is 32.4 Å². The fraction of sp³-hybridized carbons (Fsp3) is 0.294. The van der Waals surface area contributed by atoms with Crippen LogP contribution in [-0.4, -0.2) is 6.04 Å². The lowest BCUT2D eigenvalue weighted by Crippen LogP contribution is -2.22. The first kappa shape index (κ1) is 16.0. The molecule has 0 spiro atoms. The Hall–Kier alpha value is -1.39. The summed E-state index contributed by atoms with van der Waals surface area (Å²) in [6, 6.07) is 12.8. The summed E-state index contributed by atoms with van der Waals surface area (Å²) in [4.78, 5) is 0. The molecule has 0 aromatic heterocycles. The van der Waals surface area contributed by atoms with Crippen LogP contribution >= 0.6 is 15.9 Å². The highest BCUT2D eigenvalue weighted by Gasteiger charge is 2.12. The molecule has 1 unspecified atom stereocenters. The van der Waals surface area contributed by atoms with E-state index in [9.17, 15) is 4.39 Å². The maximum atomic E-state index is 14.0. The maximum Gasteiger partial charge on any atom is 0.165 e. The molecule has 0 amide bonds. The zero-order chi connectivity index (χ0) is 15.2. The first-order valence-electron chi connectivity index (χ1n) is 7.00. The second-order valence-corrected chi connectivity index (χ2v) is 5.93. The summed E-state index contributed by atoms with van der Waals surface area (Å²) in [6.07, 6.45) is 1.46. The summed E-state index contributed by atoms with van der Waals surface area (Å²) in [5.41, 5.74) is 7.77. The van der Waals surface area contributed by atoms with Crippen molar-refractivity contribution in [3.63, 3.8) is 0 Å². The van der Waals surface area contributed by atoms with Gasteiger partial charge < -0.3 is 10.5 Å². The van der Waals surface area contributed by atoms with E-state index in [2.05, 4.69) is 15.9 Å². The molecule has 0 saturated heterocycles. The largest absolute Gasteiger partial charge is 0.486 e. The van der Waals surface area contributed by atoms with Gasteiger partial charge in [0.05, 0.1) is 0 Å². The Labute approximate surface area is 133 Å². The summed E-state index contributed by atoms with van der Waals surface area (Å²) in [7, 11) is 0. The van der Waals surface area contributed by atoms with E-state index in [-0.39, 0.29) is 11.9 Å². The zero-order valence-corrected chi connectivity index (χ0v) is 13.6. The number of para-hydroxylation sites is 1. The lowest BCUT2D eigenvalue weighted by atomic mass is 10.0. The van der Waals surface area contributed by atoms with Crippen molar-refractivity contribution in [3.05, 3.63) is 63.9 Å². The Bertz CT molecular complexity index is 603. The van der Waals surface area contributed by atoms with Gasteiger partial charge in [-0.15, -0.1) is 0 Å². The maximum absolute atomic E-state index is 14.0. The van der Waals surface area contributed by atoms with Gasteiger partial charge in [0.15, 0.2) is 11.6 Å². The third-order valence-corrected chi connectivity index (χ3v) is 3.82. The normalized spacial score (nSPS) is 12.2. The number of benzene rings is 2. The summed E-state index contributed by atoms with van der Waals surface area (Å²) in [5, 5.41) is 0. The summed E-state index contributed by atoms with van der Waals surface area (Å²) < 4.78 is 20.7. The highest BCUT2D eigenvalue weighted by molar-refractivity contribution is 9.10. The van der Waals surface area contributed by atoms with Gasteiger partial charge in [0.25, 0.3) is 0 Å². The lowest BCUT2D eigenvalue weighted by Gasteiger charge is -2.15. The third kappa shape index (κ3) is 4.55. The Morgan fingerprint density at radius 1 is 1.24 bits per heavy atom. The molecule has 4 heteroatoms. The number of hydrogen-bond donors (Lipinski definition) is 1. The summed E-state index contributed by atoms with van der Waals surface area (Å²) in [5.74, 6) is -0.0350. The molecule has 0 aliphatic rings. The Kier molecular flexibility index (Phi) is 5.76. The van der Waals surface area contributed by atoms with Crippen LogP contribution in [-0.2, 0) is 13.0 Å². The third-order valence-electron chi connectivity index (χ3n) is 3.33. The molecule has 21 heavy (non-hydrogen) atoms. The van der Waals surface area contributed by atoms with Gasteiger partial charge in [-0.2, -0.15) is 0 Å². The van der Waals surface area contributed by atoms with Crippen molar-refractivity contribution < 1.29 is 9.13 Å². The molecule has 2 N–H and O–H groups in total. The van der Waals surface area contributed by atoms with Gasteiger partial charge in [0, 0.05) is 10.5 Å². The predicted octanol–water partition coefficient (Wildman–Crippen LogP) is 4.45. The van der Waals surface area contributed by atoms with Crippen LogP contribution in [0.2, 0.25) is 0 Å². The molecule has 0 fully saturated rings. The van der Waals surface area contributed by atoms with Crippen LogP contribution in [0.3, 0.4) is 0 Å². The number of hydrogen-bond acceptors (Lipinski definition) is 2. The SMILES string of the molecule is CCC(N)Cc1cccc(F)c1OCc1cccc(Br)c1. The van der Waals surface area contributed by atoms with Crippen LogP contribution in [0.25, 0.3) is 0 Å². The monoisotopic (exact) mass is 351 g/mol. The first-order valence-corrected chi connectivity index (χ1v) is 7.79. The number of nitrogens with two attached hydrogens (primary N) is 1. The topological polar surface area (TPSA) is 35.2 Å². The van der Waals surface area contributed by atoms with Crippen molar-refractivity contribution >= 4 is 15.9 Å². The van der Waals surface area contributed by atoms with Gasteiger partial charge in [-0.05, 0) is 42.2 Å². The average molecular weight is 352 g/mol. The molecule has 2 rings (SSSR count).